The zero-order chi connectivity index (χ0) is 13.7. The van der Waals surface area contributed by atoms with Gasteiger partial charge in [-0.3, -0.25) is 0 Å². The Kier molecular flexibility index (Phi) is 4.58. The SMILES string of the molecule is CCOc1ccc(C(O)CCc2nccn2C)cc1. The average Bonchev–Trinajstić information content (AvgIpc) is 2.83. The van der Waals surface area contributed by atoms with Crippen molar-refractivity contribution >= 4 is 0 Å². The lowest BCUT2D eigenvalue weighted by Crippen LogP contribution is -2.03. The molecule has 0 spiro atoms. The Bertz CT molecular complexity index is 505. The number of ether oxygens (including phenoxy) is 1. The van der Waals surface area contributed by atoms with E-state index in [2.05, 4.69) is 4.98 Å². The van der Waals surface area contributed by atoms with Crippen LogP contribution >= 0.6 is 0 Å². The van der Waals surface area contributed by atoms with Crippen LogP contribution in [0.3, 0.4) is 0 Å². The lowest BCUT2D eigenvalue weighted by atomic mass is 10.0. The summed E-state index contributed by atoms with van der Waals surface area (Å²) in [5.74, 6) is 1.83. The Labute approximate surface area is 113 Å². The normalized spacial score (nSPS) is 12.4. The quantitative estimate of drug-likeness (QED) is 0.868. The number of rotatable bonds is 6. The molecule has 4 nitrogen and oxygen atoms in total. The molecule has 1 unspecified atom stereocenters. The van der Waals surface area contributed by atoms with Crippen molar-refractivity contribution in [2.45, 2.75) is 25.9 Å². The Morgan fingerprint density at radius 2 is 2.05 bits per heavy atom. The highest BCUT2D eigenvalue weighted by atomic mass is 16.5. The number of nitrogens with zero attached hydrogens (tertiary/aromatic N) is 2. The van der Waals surface area contributed by atoms with Crippen molar-refractivity contribution in [3.8, 4) is 5.75 Å². The molecule has 1 heterocycles. The number of hydrogen-bond acceptors (Lipinski definition) is 3. The van der Waals surface area contributed by atoms with Gasteiger partial charge in [-0.1, -0.05) is 12.1 Å². The van der Waals surface area contributed by atoms with Crippen molar-refractivity contribution < 1.29 is 9.84 Å². The summed E-state index contributed by atoms with van der Waals surface area (Å²) >= 11 is 0. The Hall–Kier alpha value is -1.81. The maximum absolute atomic E-state index is 10.2. The van der Waals surface area contributed by atoms with Gasteiger partial charge >= 0.3 is 0 Å². The van der Waals surface area contributed by atoms with Gasteiger partial charge in [-0.15, -0.1) is 0 Å². The second-order valence-corrected chi connectivity index (χ2v) is 4.51. The standard InChI is InChI=1S/C15H20N2O2/c1-3-19-13-6-4-12(5-7-13)14(18)8-9-15-16-10-11-17(15)2/h4-7,10-11,14,18H,3,8-9H2,1-2H3. The first-order valence-corrected chi connectivity index (χ1v) is 6.57. The lowest BCUT2D eigenvalue weighted by Gasteiger charge is -2.11. The van der Waals surface area contributed by atoms with Gasteiger partial charge in [0.2, 0.25) is 0 Å². The van der Waals surface area contributed by atoms with Gasteiger partial charge in [-0.2, -0.15) is 0 Å². The molecule has 4 heteroatoms. The van der Waals surface area contributed by atoms with Crippen LogP contribution in [0.4, 0.5) is 0 Å². The molecule has 0 amide bonds. The second kappa shape index (κ2) is 6.38. The minimum Gasteiger partial charge on any atom is -0.494 e. The second-order valence-electron chi connectivity index (χ2n) is 4.51. The molecule has 2 aromatic rings. The van der Waals surface area contributed by atoms with Crippen molar-refractivity contribution in [1.29, 1.82) is 0 Å². The first-order chi connectivity index (χ1) is 9.20. The molecule has 102 valence electrons. The summed E-state index contributed by atoms with van der Waals surface area (Å²) in [7, 11) is 1.96. The summed E-state index contributed by atoms with van der Waals surface area (Å²) in [5.41, 5.74) is 0.915. The molecule has 2 rings (SSSR count). The molecule has 0 aliphatic heterocycles. The average molecular weight is 260 g/mol. The number of aryl methyl sites for hydroxylation is 2. The zero-order valence-corrected chi connectivity index (χ0v) is 11.4. The molecule has 0 bridgehead atoms. The molecule has 0 saturated heterocycles. The number of aliphatic hydroxyl groups excluding tert-OH is 1. The fourth-order valence-electron chi connectivity index (χ4n) is 2.02. The monoisotopic (exact) mass is 260 g/mol. The molecule has 1 N–H and O–H groups in total. The third kappa shape index (κ3) is 3.58. The predicted molar refractivity (Wildman–Crippen MR) is 74.1 cm³/mol. The maximum atomic E-state index is 10.2. The summed E-state index contributed by atoms with van der Waals surface area (Å²) in [6, 6.07) is 7.60. The van der Waals surface area contributed by atoms with Crippen LogP contribution in [-0.4, -0.2) is 21.3 Å². The molecular formula is C15H20N2O2. The van der Waals surface area contributed by atoms with Crippen molar-refractivity contribution in [3.63, 3.8) is 0 Å². The third-order valence-corrected chi connectivity index (χ3v) is 3.14. The Morgan fingerprint density at radius 1 is 1.32 bits per heavy atom. The summed E-state index contributed by atoms with van der Waals surface area (Å²) < 4.78 is 7.36. The van der Waals surface area contributed by atoms with E-state index in [9.17, 15) is 5.11 Å². The molecule has 1 aromatic carbocycles. The molecule has 19 heavy (non-hydrogen) atoms. The van der Waals surface area contributed by atoms with E-state index in [0.29, 0.717) is 13.0 Å². The van der Waals surface area contributed by atoms with E-state index in [4.69, 9.17) is 4.74 Å². The molecule has 0 radical (unpaired) electrons. The number of aromatic nitrogens is 2. The van der Waals surface area contributed by atoms with Gasteiger partial charge in [0, 0.05) is 25.9 Å². The number of hydrogen-bond donors (Lipinski definition) is 1. The van der Waals surface area contributed by atoms with Crippen molar-refractivity contribution in [1.82, 2.24) is 9.55 Å². The van der Waals surface area contributed by atoms with Gasteiger partial charge in [0.25, 0.3) is 0 Å². The number of imidazole rings is 1. The van der Waals surface area contributed by atoms with Crippen molar-refractivity contribution in [3.05, 3.63) is 48.0 Å². The summed E-state index contributed by atoms with van der Waals surface area (Å²) in [6.07, 6.45) is 4.65. The highest BCUT2D eigenvalue weighted by Gasteiger charge is 2.09. The van der Waals surface area contributed by atoms with E-state index in [1.54, 1.807) is 6.20 Å². The molecule has 1 atom stereocenters. The highest BCUT2D eigenvalue weighted by Crippen LogP contribution is 2.21. The summed E-state index contributed by atoms with van der Waals surface area (Å²) in [6.45, 7) is 2.61. The van der Waals surface area contributed by atoms with Crippen LogP contribution < -0.4 is 4.74 Å². The smallest absolute Gasteiger partial charge is 0.119 e. The van der Waals surface area contributed by atoms with Crippen LogP contribution in [0.1, 0.15) is 30.8 Å². The molecule has 0 saturated carbocycles. The van der Waals surface area contributed by atoms with Crippen LogP contribution in [0.15, 0.2) is 36.7 Å². The minimum atomic E-state index is -0.465. The first-order valence-electron chi connectivity index (χ1n) is 6.57. The van der Waals surface area contributed by atoms with Crippen LogP contribution in [0.25, 0.3) is 0 Å². The lowest BCUT2D eigenvalue weighted by molar-refractivity contribution is 0.166. The van der Waals surface area contributed by atoms with Crippen LogP contribution in [0.2, 0.25) is 0 Å². The number of benzene rings is 1. The Morgan fingerprint density at radius 3 is 2.63 bits per heavy atom. The largest absolute Gasteiger partial charge is 0.494 e. The van der Waals surface area contributed by atoms with Crippen molar-refractivity contribution in [2.24, 2.45) is 7.05 Å². The molecule has 1 aromatic heterocycles. The predicted octanol–water partition coefficient (Wildman–Crippen LogP) is 2.49. The first kappa shape index (κ1) is 13.6. The molecule has 0 fully saturated rings. The number of aliphatic hydroxyl groups is 1. The van der Waals surface area contributed by atoms with Gasteiger partial charge in [0.05, 0.1) is 12.7 Å². The molecule has 0 aliphatic carbocycles. The summed E-state index contributed by atoms with van der Waals surface area (Å²) in [5, 5.41) is 10.2. The van der Waals surface area contributed by atoms with Crippen LogP contribution in [0.5, 0.6) is 5.75 Å². The fourth-order valence-corrected chi connectivity index (χ4v) is 2.02. The van der Waals surface area contributed by atoms with E-state index in [1.165, 1.54) is 0 Å². The van der Waals surface area contributed by atoms with Gasteiger partial charge in [0.15, 0.2) is 0 Å². The highest BCUT2D eigenvalue weighted by molar-refractivity contribution is 5.28. The third-order valence-electron chi connectivity index (χ3n) is 3.14. The topological polar surface area (TPSA) is 47.3 Å². The Balaban J connectivity index is 1.92. The van der Waals surface area contributed by atoms with Gasteiger partial charge < -0.3 is 14.4 Å². The summed E-state index contributed by atoms with van der Waals surface area (Å²) in [4.78, 5) is 4.25. The molecule has 0 aliphatic rings. The van der Waals surface area contributed by atoms with Crippen molar-refractivity contribution in [2.75, 3.05) is 6.61 Å². The van der Waals surface area contributed by atoms with Gasteiger partial charge in [-0.25, -0.2) is 4.98 Å². The van der Waals surface area contributed by atoms with E-state index in [1.807, 2.05) is 49.0 Å². The van der Waals surface area contributed by atoms with E-state index in [-0.39, 0.29) is 0 Å². The van der Waals surface area contributed by atoms with E-state index in [0.717, 1.165) is 23.6 Å². The molecular weight excluding hydrogens is 240 g/mol. The van der Waals surface area contributed by atoms with Crippen LogP contribution in [-0.2, 0) is 13.5 Å². The van der Waals surface area contributed by atoms with Gasteiger partial charge in [0.1, 0.15) is 11.6 Å². The fraction of sp³-hybridized carbons (Fsp3) is 0.400. The zero-order valence-electron chi connectivity index (χ0n) is 11.4. The minimum absolute atomic E-state index is 0.465. The van der Waals surface area contributed by atoms with Crippen LogP contribution in [0, 0.1) is 0 Å². The van der Waals surface area contributed by atoms with E-state index >= 15 is 0 Å². The van der Waals surface area contributed by atoms with E-state index < -0.39 is 6.10 Å². The maximum Gasteiger partial charge on any atom is 0.119 e. The van der Waals surface area contributed by atoms with Gasteiger partial charge in [-0.05, 0) is 31.0 Å².